The van der Waals surface area contributed by atoms with Crippen LogP contribution < -0.4 is 9.47 Å². The van der Waals surface area contributed by atoms with Gasteiger partial charge in [0.15, 0.2) is 17.1 Å². The fraction of sp³-hybridized carbons (Fsp3) is 0.462. The molecule has 1 aromatic rings. The van der Waals surface area contributed by atoms with E-state index in [9.17, 15) is 4.79 Å². The Morgan fingerprint density at radius 2 is 1.65 bits per heavy atom. The van der Waals surface area contributed by atoms with Gasteiger partial charge >= 0.3 is 5.97 Å². The lowest BCUT2D eigenvalue weighted by atomic mass is 9.97. The van der Waals surface area contributed by atoms with E-state index in [0.29, 0.717) is 11.5 Å². The third-order valence-electron chi connectivity index (χ3n) is 2.95. The number of hydrogen-bond acceptors (Lipinski definition) is 4. The molecule has 0 bridgehead atoms. The van der Waals surface area contributed by atoms with E-state index in [1.807, 2.05) is 32.0 Å². The first kappa shape index (κ1) is 11.8. The highest BCUT2D eigenvalue weighted by Gasteiger charge is 2.52. The zero-order valence-corrected chi connectivity index (χ0v) is 10.4. The van der Waals surface area contributed by atoms with Gasteiger partial charge in [0.2, 0.25) is 0 Å². The Labute approximate surface area is 100 Å². The third-order valence-corrected chi connectivity index (χ3v) is 2.95. The van der Waals surface area contributed by atoms with Crippen LogP contribution in [0.4, 0.5) is 0 Å². The van der Waals surface area contributed by atoms with Crippen LogP contribution in [0.5, 0.6) is 11.5 Å². The number of rotatable bonds is 1. The summed E-state index contributed by atoms with van der Waals surface area (Å²) in [6.07, 6.45) is 0. The maximum Gasteiger partial charge on any atom is 0.306 e. The van der Waals surface area contributed by atoms with E-state index in [-0.39, 0.29) is 0 Å². The summed E-state index contributed by atoms with van der Waals surface area (Å²) in [7, 11) is 0. The lowest BCUT2D eigenvalue weighted by Gasteiger charge is -2.45. The van der Waals surface area contributed by atoms with Gasteiger partial charge in [0.05, 0.1) is 0 Å². The van der Waals surface area contributed by atoms with Gasteiger partial charge in [0.1, 0.15) is 0 Å². The minimum Gasteiger partial charge on any atom is -0.476 e. The van der Waals surface area contributed by atoms with Crippen molar-refractivity contribution in [2.75, 3.05) is 0 Å². The standard InChI is InChI=1S/C13H16O4/c1-9(14)15-13(4)12(2,3)16-10-7-5-6-8-11(10)17-13/h5-8H,1-4H3/t13-/m0/s1. The monoisotopic (exact) mass is 236 g/mol. The smallest absolute Gasteiger partial charge is 0.306 e. The van der Waals surface area contributed by atoms with Crippen LogP contribution >= 0.6 is 0 Å². The van der Waals surface area contributed by atoms with Crippen molar-refractivity contribution in [3.63, 3.8) is 0 Å². The summed E-state index contributed by atoms with van der Waals surface area (Å²) in [6.45, 7) is 6.70. The zero-order valence-electron chi connectivity index (χ0n) is 10.4. The molecule has 0 aromatic heterocycles. The number of fused-ring (bicyclic) bond motifs is 1. The minimum atomic E-state index is -1.13. The van der Waals surface area contributed by atoms with Gasteiger partial charge in [-0.1, -0.05) is 12.1 Å². The molecule has 17 heavy (non-hydrogen) atoms. The molecule has 4 nitrogen and oxygen atoms in total. The Bertz CT molecular complexity index is 452. The molecule has 0 saturated heterocycles. The lowest BCUT2D eigenvalue weighted by Crippen LogP contribution is -2.60. The second kappa shape index (κ2) is 3.65. The van der Waals surface area contributed by atoms with Gasteiger partial charge < -0.3 is 14.2 Å². The number of carbonyl (C=O) groups excluding carboxylic acids is 1. The molecule has 0 N–H and O–H groups in total. The molecule has 1 atom stereocenters. The van der Waals surface area contributed by atoms with Crippen molar-refractivity contribution < 1.29 is 19.0 Å². The normalized spacial score (nSPS) is 25.2. The van der Waals surface area contributed by atoms with E-state index in [1.54, 1.807) is 13.0 Å². The van der Waals surface area contributed by atoms with Crippen LogP contribution in [0.15, 0.2) is 24.3 Å². The molecule has 0 unspecified atom stereocenters. The van der Waals surface area contributed by atoms with Gasteiger partial charge in [-0.25, -0.2) is 0 Å². The molecule has 92 valence electrons. The molecule has 0 aliphatic carbocycles. The largest absolute Gasteiger partial charge is 0.476 e. The summed E-state index contributed by atoms with van der Waals surface area (Å²) in [5.74, 6) is -0.297. The molecule has 0 spiro atoms. The number of para-hydroxylation sites is 2. The second-order valence-corrected chi connectivity index (χ2v) is 4.70. The van der Waals surface area contributed by atoms with Crippen molar-refractivity contribution in [1.29, 1.82) is 0 Å². The summed E-state index contributed by atoms with van der Waals surface area (Å²) in [5, 5.41) is 0. The highest BCUT2D eigenvalue weighted by molar-refractivity contribution is 5.66. The van der Waals surface area contributed by atoms with Crippen LogP contribution in [0, 0.1) is 0 Å². The number of ether oxygens (including phenoxy) is 3. The SMILES string of the molecule is CC(=O)O[C@@]1(C)Oc2ccccc2OC1(C)C. The van der Waals surface area contributed by atoms with Gasteiger partial charge in [0, 0.05) is 13.8 Å². The van der Waals surface area contributed by atoms with E-state index in [0.717, 1.165) is 0 Å². The number of esters is 1. The fourth-order valence-corrected chi connectivity index (χ4v) is 1.74. The van der Waals surface area contributed by atoms with Gasteiger partial charge in [-0.15, -0.1) is 0 Å². The molecular formula is C13H16O4. The first-order valence-electron chi connectivity index (χ1n) is 5.51. The molecule has 0 fully saturated rings. The van der Waals surface area contributed by atoms with E-state index in [4.69, 9.17) is 14.2 Å². The minimum absolute atomic E-state index is 0.399. The molecule has 2 rings (SSSR count). The summed E-state index contributed by atoms with van der Waals surface area (Å²) in [5.41, 5.74) is -0.757. The highest BCUT2D eigenvalue weighted by Crippen LogP contribution is 2.43. The molecule has 1 aliphatic rings. The van der Waals surface area contributed by atoms with Crippen molar-refractivity contribution in [2.45, 2.75) is 39.1 Å². The Balaban J connectivity index is 2.40. The van der Waals surface area contributed by atoms with Crippen LogP contribution in [0.3, 0.4) is 0 Å². The Kier molecular flexibility index (Phi) is 2.53. The Hall–Kier alpha value is -1.71. The van der Waals surface area contributed by atoms with E-state index >= 15 is 0 Å². The third kappa shape index (κ3) is 1.95. The van der Waals surface area contributed by atoms with Crippen molar-refractivity contribution in [2.24, 2.45) is 0 Å². The average Bonchev–Trinajstić information content (AvgIpc) is 2.17. The van der Waals surface area contributed by atoms with Crippen LogP contribution in [0.1, 0.15) is 27.7 Å². The fourth-order valence-electron chi connectivity index (χ4n) is 1.74. The van der Waals surface area contributed by atoms with Crippen molar-refractivity contribution >= 4 is 5.97 Å². The molecule has 4 heteroatoms. The summed E-state index contributed by atoms with van der Waals surface area (Å²) < 4.78 is 16.9. The van der Waals surface area contributed by atoms with Gasteiger partial charge in [-0.3, -0.25) is 4.79 Å². The predicted molar refractivity (Wildman–Crippen MR) is 61.9 cm³/mol. The Morgan fingerprint density at radius 1 is 1.12 bits per heavy atom. The zero-order chi connectivity index (χ0) is 12.7. The number of hydrogen-bond donors (Lipinski definition) is 0. The molecule has 1 heterocycles. The van der Waals surface area contributed by atoms with Crippen LogP contribution in [0.25, 0.3) is 0 Å². The van der Waals surface area contributed by atoms with E-state index < -0.39 is 17.4 Å². The quantitative estimate of drug-likeness (QED) is 0.703. The maximum atomic E-state index is 11.2. The molecule has 0 amide bonds. The first-order chi connectivity index (χ1) is 7.84. The van der Waals surface area contributed by atoms with Crippen LogP contribution in [-0.2, 0) is 9.53 Å². The van der Waals surface area contributed by atoms with Gasteiger partial charge in [-0.2, -0.15) is 0 Å². The van der Waals surface area contributed by atoms with Crippen molar-refractivity contribution in [3.8, 4) is 11.5 Å². The van der Waals surface area contributed by atoms with Crippen LogP contribution in [-0.4, -0.2) is 17.4 Å². The van der Waals surface area contributed by atoms with Gasteiger partial charge in [0.25, 0.3) is 5.79 Å². The first-order valence-corrected chi connectivity index (χ1v) is 5.51. The topological polar surface area (TPSA) is 44.8 Å². The highest BCUT2D eigenvalue weighted by atomic mass is 16.8. The number of carbonyl (C=O) groups is 1. The lowest BCUT2D eigenvalue weighted by molar-refractivity contribution is -0.255. The van der Waals surface area contributed by atoms with E-state index in [1.165, 1.54) is 6.92 Å². The molecular weight excluding hydrogens is 220 g/mol. The second-order valence-electron chi connectivity index (χ2n) is 4.70. The summed E-state index contributed by atoms with van der Waals surface area (Å²) >= 11 is 0. The molecule has 0 radical (unpaired) electrons. The van der Waals surface area contributed by atoms with Crippen LogP contribution in [0.2, 0.25) is 0 Å². The summed E-state index contributed by atoms with van der Waals surface area (Å²) in [4.78, 5) is 11.2. The predicted octanol–water partition coefficient (Wildman–Crippen LogP) is 2.52. The van der Waals surface area contributed by atoms with Crippen molar-refractivity contribution in [3.05, 3.63) is 24.3 Å². The molecule has 1 aromatic carbocycles. The molecule has 0 saturated carbocycles. The maximum absolute atomic E-state index is 11.2. The summed E-state index contributed by atoms with van der Waals surface area (Å²) in [6, 6.07) is 7.32. The van der Waals surface area contributed by atoms with Crippen molar-refractivity contribution in [1.82, 2.24) is 0 Å². The van der Waals surface area contributed by atoms with E-state index in [2.05, 4.69) is 0 Å². The Morgan fingerprint density at radius 3 is 2.18 bits per heavy atom. The number of benzene rings is 1. The average molecular weight is 236 g/mol. The van der Waals surface area contributed by atoms with Gasteiger partial charge in [-0.05, 0) is 26.0 Å². The molecule has 1 aliphatic heterocycles.